The van der Waals surface area contributed by atoms with E-state index >= 15 is 0 Å². The van der Waals surface area contributed by atoms with E-state index in [2.05, 4.69) is 29.4 Å². The molecular formula is C10H15N2+. The maximum absolute atomic E-state index is 3.10. The predicted octanol–water partition coefficient (Wildman–Crippen LogP) is 0.205. The van der Waals surface area contributed by atoms with Gasteiger partial charge in [0.1, 0.15) is 0 Å². The Morgan fingerprint density at radius 2 is 2.00 bits per heavy atom. The summed E-state index contributed by atoms with van der Waals surface area (Å²) in [6.07, 6.45) is 1.92. The Kier molecular flexibility index (Phi) is 3.33. The monoisotopic (exact) mass is 163 g/mol. The minimum Gasteiger partial charge on any atom is -0.187 e. The van der Waals surface area contributed by atoms with Crippen molar-refractivity contribution in [1.29, 1.82) is 0 Å². The Bertz CT molecular complexity index is 241. The summed E-state index contributed by atoms with van der Waals surface area (Å²) < 4.78 is 0. The first-order valence-electron chi connectivity index (χ1n) is 4.12. The molecule has 1 aromatic carbocycles. The maximum atomic E-state index is 3.10. The summed E-state index contributed by atoms with van der Waals surface area (Å²) in [5.41, 5.74) is 1.31. The van der Waals surface area contributed by atoms with Crippen LogP contribution in [0.2, 0.25) is 0 Å². The van der Waals surface area contributed by atoms with Gasteiger partial charge in [-0.05, 0) is 5.56 Å². The van der Waals surface area contributed by atoms with Crippen molar-refractivity contribution in [2.75, 3.05) is 7.05 Å². The molecule has 0 aliphatic rings. The summed E-state index contributed by atoms with van der Waals surface area (Å²) in [5, 5.41) is 5.14. The number of hydrogen-bond acceptors (Lipinski definition) is 1. The molecule has 2 nitrogen and oxygen atoms in total. The summed E-state index contributed by atoms with van der Waals surface area (Å²) >= 11 is 0. The van der Waals surface area contributed by atoms with Gasteiger partial charge in [-0.1, -0.05) is 30.3 Å². The zero-order valence-corrected chi connectivity index (χ0v) is 7.62. The molecule has 0 unspecified atom stereocenters. The maximum Gasteiger partial charge on any atom is 0.164 e. The minimum absolute atomic E-state index is 0.922. The highest BCUT2D eigenvalue weighted by Gasteiger charge is 1.97. The summed E-state index contributed by atoms with van der Waals surface area (Å²) in [4.78, 5) is 0. The van der Waals surface area contributed by atoms with Gasteiger partial charge in [0.25, 0.3) is 0 Å². The molecule has 2 heteroatoms. The fraction of sp³-hybridized carbons (Fsp3) is 0.300. The molecule has 0 spiro atoms. The van der Waals surface area contributed by atoms with E-state index in [9.17, 15) is 0 Å². The number of benzene rings is 1. The Morgan fingerprint density at radius 3 is 2.58 bits per heavy atom. The Labute approximate surface area is 73.5 Å². The molecule has 0 amide bonds. The van der Waals surface area contributed by atoms with E-state index in [4.69, 9.17) is 0 Å². The van der Waals surface area contributed by atoms with E-state index < -0.39 is 0 Å². The minimum atomic E-state index is 0.922. The average molecular weight is 163 g/mol. The molecule has 1 aromatic rings. The van der Waals surface area contributed by atoms with E-state index in [1.165, 1.54) is 5.56 Å². The molecule has 0 fully saturated rings. The van der Waals surface area contributed by atoms with Gasteiger partial charge in [-0.3, -0.25) is 0 Å². The highest BCUT2D eigenvalue weighted by Crippen LogP contribution is 1.98. The van der Waals surface area contributed by atoms with Crippen LogP contribution in [0.5, 0.6) is 0 Å². The van der Waals surface area contributed by atoms with Gasteiger partial charge in [0, 0.05) is 6.92 Å². The fourth-order valence-corrected chi connectivity index (χ4v) is 1.12. The van der Waals surface area contributed by atoms with Crippen molar-refractivity contribution in [3.8, 4) is 0 Å². The summed E-state index contributed by atoms with van der Waals surface area (Å²) in [5.74, 6) is 0. The lowest BCUT2D eigenvalue weighted by molar-refractivity contribution is -0.638. The zero-order valence-electron chi connectivity index (χ0n) is 7.62. The molecule has 1 rings (SSSR count). The van der Waals surface area contributed by atoms with Crippen molar-refractivity contribution >= 4 is 6.21 Å². The number of hydrazone groups is 1. The van der Waals surface area contributed by atoms with Gasteiger partial charge in [0.15, 0.2) is 6.21 Å². The first-order valence-corrected chi connectivity index (χ1v) is 4.12. The molecule has 0 saturated carbocycles. The van der Waals surface area contributed by atoms with Crippen LogP contribution in [0, 0.1) is 0 Å². The van der Waals surface area contributed by atoms with E-state index in [-0.39, 0.29) is 0 Å². The average Bonchev–Trinajstić information content (AvgIpc) is 2.06. The van der Waals surface area contributed by atoms with Crippen LogP contribution in [0.4, 0.5) is 0 Å². The highest BCUT2D eigenvalue weighted by atomic mass is 15.4. The number of nitrogens with zero attached hydrogens (tertiary/aromatic N) is 1. The van der Waals surface area contributed by atoms with Crippen molar-refractivity contribution in [2.24, 2.45) is 0 Å². The summed E-state index contributed by atoms with van der Waals surface area (Å²) in [7, 11) is 2.02. The van der Waals surface area contributed by atoms with Crippen molar-refractivity contribution in [1.82, 2.24) is 5.01 Å². The first-order chi connectivity index (χ1) is 5.83. The molecule has 0 saturated heterocycles. The number of hydrogen-bond donors (Lipinski definition) is 1. The zero-order chi connectivity index (χ0) is 8.81. The van der Waals surface area contributed by atoms with E-state index in [1.54, 1.807) is 0 Å². The lowest BCUT2D eigenvalue weighted by Crippen LogP contribution is -2.79. The Hall–Kier alpha value is -1.31. The molecule has 0 aliphatic heterocycles. The molecule has 0 bridgehead atoms. The Morgan fingerprint density at radius 1 is 1.33 bits per heavy atom. The number of nitrogens with one attached hydrogen (secondary N) is 1. The molecule has 0 radical (unpaired) electrons. The standard InChI is InChI=1S/C10H14N2/c1-3-11-12(2)9-10-7-5-4-6-8-10/h3-8H,9H2,1-2H3/p+1. The largest absolute Gasteiger partial charge is 0.187 e. The van der Waals surface area contributed by atoms with Crippen molar-refractivity contribution in [3.63, 3.8) is 0 Å². The van der Waals surface area contributed by atoms with Gasteiger partial charge in [-0.2, -0.15) is 5.01 Å². The van der Waals surface area contributed by atoms with Crippen LogP contribution in [0.15, 0.2) is 30.3 Å². The second kappa shape index (κ2) is 4.54. The predicted molar refractivity (Wildman–Crippen MR) is 50.6 cm³/mol. The van der Waals surface area contributed by atoms with Gasteiger partial charge < -0.3 is 0 Å². The smallest absolute Gasteiger partial charge is 0.164 e. The fourth-order valence-electron chi connectivity index (χ4n) is 1.12. The van der Waals surface area contributed by atoms with Crippen LogP contribution in [0.25, 0.3) is 0 Å². The van der Waals surface area contributed by atoms with Gasteiger partial charge >= 0.3 is 0 Å². The van der Waals surface area contributed by atoms with Crippen molar-refractivity contribution in [3.05, 3.63) is 35.9 Å². The SMILES string of the molecule is CC=[NH+]N(C)Cc1ccccc1. The second-order valence-electron chi connectivity index (χ2n) is 2.76. The van der Waals surface area contributed by atoms with Crippen LogP contribution < -0.4 is 5.10 Å². The third kappa shape index (κ3) is 2.74. The lowest BCUT2D eigenvalue weighted by atomic mass is 10.2. The summed E-state index contributed by atoms with van der Waals surface area (Å²) in [6, 6.07) is 10.4. The molecule has 0 aromatic heterocycles. The van der Waals surface area contributed by atoms with Gasteiger partial charge in [-0.15, -0.1) is 5.10 Å². The lowest BCUT2D eigenvalue weighted by Gasteiger charge is -2.05. The highest BCUT2D eigenvalue weighted by molar-refractivity contribution is 5.45. The topological polar surface area (TPSA) is 17.2 Å². The molecule has 0 aliphatic carbocycles. The molecular weight excluding hydrogens is 148 g/mol. The molecule has 1 N–H and O–H groups in total. The van der Waals surface area contributed by atoms with Gasteiger partial charge in [0.2, 0.25) is 0 Å². The quantitative estimate of drug-likeness (QED) is 0.498. The van der Waals surface area contributed by atoms with Crippen LogP contribution >= 0.6 is 0 Å². The normalized spacial score (nSPS) is 10.5. The van der Waals surface area contributed by atoms with Gasteiger partial charge in [0.05, 0.1) is 13.6 Å². The van der Waals surface area contributed by atoms with E-state index in [1.807, 2.05) is 31.3 Å². The molecule has 64 valence electrons. The summed E-state index contributed by atoms with van der Waals surface area (Å²) in [6.45, 7) is 2.90. The van der Waals surface area contributed by atoms with Crippen LogP contribution in [-0.4, -0.2) is 18.3 Å². The van der Waals surface area contributed by atoms with E-state index in [0.717, 1.165) is 6.54 Å². The molecule has 0 atom stereocenters. The molecule has 0 heterocycles. The first kappa shape index (κ1) is 8.78. The third-order valence-corrected chi connectivity index (χ3v) is 1.61. The number of rotatable bonds is 3. The second-order valence-corrected chi connectivity index (χ2v) is 2.76. The van der Waals surface area contributed by atoms with Crippen LogP contribution in [0.3, 0.4) is 0 Å². The van der Waals surface area contributed by atoms with Crippen LogP contribution in [-0.2, 0) is 6.54 Å². The van der Waals surface area contributed by atoms with Crippen molar-refractivity contribution < 1.29 is 5.10 Å². The molecule has 12 heavy (non-hydrogen) atoms. The number of hydrazine groups is 1. The van der Waals surface area contributed by atoms with E-state index in [0.29, 0.717) is 0 Å². The third-order valence-electron chi connectivity index (χ3n) is 1.61. The van der Waals surface area contributed by atoms with Gasteiger partial charge in [-0.25, -0.2) is 0 Å². The van der Waals surface area contributed by atoms with Crippen LogP contribution in [0.1, 0.15) is 12.5 Å². The van der Waals surface area contributed by atoms with Crippen molar-refractivity contribution in [2.45, 2.75) is 13.5 Å². The Balaban J connectivity index is 2.52.